The second-order valence-corrected chi connectivity index (χ2v) is 6.18. The first kappa shape index (κ1) is 18.2. The van der Waals surface area contributed by atoms with Gasteiger partial charge in [0, 0.05) is 17.7 Å². The van der Waals surface area contributed by atoms with E-state index in [1.807, 2.05) is 0 Å². The van der Waals surface area contributed by atoms with Crippen molar-refractivity contribution in [2.45, 2.75) is 12.5 Å². The third-order valence-electron chi connectivity index (χ3n) is 4.40. The Bertz CT molecular complexity index is 942. The van der Waals surface area contributed by atoms with Gasteiger partial charge < -0.3 is 5.32 Å². The maximum atomic E-state index is 13.0. The summed E-state index contributed by atoms with van der Waals surface area (Å²) in [4.78, 5) is 48.3. The molecule has 27 heavy (non-hydrogen) atoms. The van der Waals surface area contributed by atoms with Gasteiger partial charge >= 0.3 is 6.03 Å². The second-order valence-electron chi connectivity index (χ2n) is 6.18. The zero-order valence-corrected chi connectivity index (χ0v) is 14.1. The Morgan fingerprint density at radius 2 is 1.74 bits per heavy atom. The van der Waals surface area contributed by atoms with Crippen molar-refractivity contribution in [3.05, 3.63) is 75.6 Å². The van der Waals surface area contributed by atoms with Crippen LogP contribution in [0.3, 0.4) is 0 Å². The molecule has 3 rings (SSSR count). The van der Waals surface area contributed by atoms with Crippen molar-refractivity contribution < 1.29 is 23.7 Å². The molecule has 1 aliphatic rings. The van der Waals surface area contributed by atoms with Gasteiger partial charge in [-0.05, 0) is 48.9 Å². The summed E-state index contributed by atoms with van der Waals surface area (Å²) in [6.07, 6.45) is 0. The molecule has 0 saturated carbocycles. The minimum Gasteiger partial charge on any atom is -0.319 e. The van der Waals surface area contributed by atoms with E-state index in [9.17, 15) is 28.9 Å². The summed E-state index contributed by atoms with van der Waals surface area (Å²) in [5.74, 6) is -1.68. The Morgan fingerprint density at radius 1 is 1.15 bits per heavy atom. The highest BCUT2D eigenvalue weighted by Crippen LogP contribution is 2.30. The Kier molecular flexibility index (Phi) is 4.44. The maximum Gasteiger partial charge on any atom is 0.325 e. The lowest BCUT2D eigenvalue weighted by atomic mass is 9.92. The highest BCUT2D eigenvalue weighted by atomic mass is 19.1. The van der Waals surface area contributed by atoms with Gasteiger partial charge in [0.25, 0.3) is 11.6 Å². The van der Waals surface area contributed by atoms with Crippen molar-refractivity contribution in [3.63, 3.8) is 0 Å². The van der Waals surface area contributed by atoms with Crippen LogP contribution in [0.2, 0.25) is 0 Å². The molecule has 1 fully saturated rings. The van der Waals surface area contributed by atoms with Crippen LogP contribution in [-0.2, 0) is 10.3 Å². The van der Waals surface area contributed by atoms with Gasteiger partial charge in [-0.2, -0.15) is 0 Å². The van der Waals surface area contributed by atoms with E-state index >= 15 is 0 Å². The number of hydrogen-bond acceptors (Lipinski definition) is 5. The molecule has 1 unspecified atom stereocenters. The number of nitrogens with zero attached hydrogens (tertiary/aromatic N) is 2. The van der Waals surface area contributed by atoms with Gasteiger partial charge in [-0.25, -0.2) is 9.18 Å². The Hall–Kier alpha value is -3.62. The highest BCUT2D eigenvalue weighted by Gasteiger charge is 2.49. The van der Waals surface area contributed by atoms with Crippen LogP contribution in [0, 0.1) is 15.9 Å². The molecular formula is C18H14FN3O5. The van der Waals surface area contributed by atoms with E-state index in [1.165, 1.54) is 43.3 Å². The molecule has 2 aromatic carbocycles. The number of ketones is 1. The Labute approximate surface area is 152 Å². The third kappa shape index (κ3) is 3.26. The van der Waals surface area contributed by atoms with E-state index in [1.54, 1.807) is 0 Å². The molecule has 1 saturated heterocycles. The van der Waals surface area contributed by atoms with Gasteiger partial charge in [0.15, 0.2) is 5.78 Å². The van der Waals surface area contributed by atoms with E-state index in [2.05, 4.69) is 5.32 Å². The van der Waals surface area contributed by atoms with E-state index < -0.39 is 40.5 Å². The summed E-state index contributed by atoms with van der Waals surface area (Å²) in [5.41, 5.74) is -1.08. The fourth-order valence-corrected chi connectivity index (χ4v) is 2.82. The van der Waals surface area contributed by atoms with Crippen LogP contribution in [0.1, 0.15) is 22.8 Å². The van der Waals surface area contributed by atoms with E-state index in [0.29, 0.717) is 5.56 Å². The molecule has 9 heteroatoms. The highest BCUT2D eigenvalue weighted by molar-refractivity contribution is 6.11. The molecule has 8 nitrogen and oxygen atoms in total. The smallest absolute Gasteiger partial charge is 0.319 e. The lowest BCUT2D eigenvalue weighted by Gasteiger charge is -2.22. The van der Waals surface area contributed by atoms with Crippen LogP contribution < -0.4 is 5.32 Å². The third-order valence-corrected chi connectivity index (χ3v) is 4.40. The first-order valence-electron chi connectivity index (χ1n) is 7.90. The standard InChI is InChI=1S/C18H14FN3O5/c1-18(12-4-8-14(9-5-12)22(26)27)16(24)21(17(25)20-18)10-15(23)11-2-6-13(19)7-3-11/h2-9H,10H2,1H3,(H,20,25). The predicted molar refractivity (Wildman–Crippen MR) is 91.4 cm³/mol. The number of amides is 3. The fraction of sp³-hybridized carbons (Fsp3) is 0.167. The zero-order chi connectivity index (χ0) is 19.8. The molecule has 1 heterocycles. The number of Topliss-reactive ketones (excluding diaryl/α,β-unsaturated/α-hetero) is 1. The average molecular weight is 371 g/mol. The van der Waals surface area contributed by atoms with Crippen LogP contribution >= 0.6 is 0 Å². The number of non-ortho nitro benzene ring substituents is 1. The SMILES string of the molecule is CC1(c2ccc([N+](=O)[O-])cc2)NC(=O)N(CC(=O)c2ccc(F)cc2)C1=O. The number of hydrogen-bond donors (Lipinski definition) is 1. The number of rotatable bonds is 5. The molecule has 0 radical (unpaired) electrons. The molecule has 0 aromatic heterocycles. The summed E-state index contributed by atoms with van der Waals surface area (Å²) in [6, 6.07) is 9.22. The van der Waals surface area contributed by atoms with E-state index in [-0.39, 0.29) is 11.3 Å². The van der Waals surface area contributed by atoms with Crippen molar-refractivity contribution in [2.24, 2.45) is 0 Å². The minimum absolute atomic E-state index is 0.150. The van der Waals surface area contributed by atoms with Gasteiger partial charge in [0.2, 0.25) is 0 Å². The molecule has 1 aliphatic heterocycles. The number of nitrogens with one attached hydrogen (secondary N) is 1. The van der Waals surface area contributed by atoms with Crippen molar-refractivity contribution in [1.29, 1.82) is 0 Å². The number of urea groups is 1. The average Bonchev–Trinajstić information content (AvgIpc) is 2.86. The molecule has 0 aliphatic carbocycles. The van der Waals surface area contributed by atoms with E-state index in [4.69, 9.17) is 0 Å². The lowest BCUT2D eigenvalue weighted by Crippen LogP contribution is -2.41. The molecule has 1 atom stereocenters. The number of carbonyl (C=O) groups excluding carboxylic acids is 3. The normalized spacial score (nSPS) is 19.1. The first-order valence-corrected chi connectivity index (χ1v) is 7.90. The summed E-state index contributed by atoms with van der Waals surface area (Å²) in [7, 11) is 0. The van der Waals surface area contributed by atoms with Gasteiger partial charge in [0.1, 0.15) is 11.4 Å². The van der Waals surface area contributed by atoms with Crippen LogP contribution in [0.15, 0.2) is 48.5 Å². The zero-order valence-electron chi connectivity index (χ0n) is 14.1. The molecular weight excluding hydrogens is 357 g/mol. The van der Waals surface area contributed by atoms with E-state index in [0.717, 1.165) is 17.0 Å². The van der Waals surface area contributed by atoms with Gasteiger partial charge in [-0.3, -0.25) is 24.6 Å². The Morgan fingerprint density at radius 3 is 2.30 bits per heavy atom. The molecule has 2 aromatic rings. The van der Waals surface area contributed by atoms with Crippen LogP contribution in [0.4, 0.5) is 14.9 Å². The Balaban J connectivity index is 1.82. The number of halogens is 1. The predicted octanol–water partition coefficient (Wildman–Crippen LogP) is 2.38. The largest absolute Gasteiger partial charge is 0.325 e. The van der Waals surface area contributed by atoms with Crippen molar-refractivity contribution in [3.8, 4) is 0 Å². The number of nitro groups is 1. The molecule has 138 valence electrons. The van der Waals surface area contributed by atoms with Crippen molar-refractivity contribution in [2.75, 3.05) is 6.54 Å². The van der Waals surface area contributed by atoms with Crippen LogP contribution in [0.5, 0.6) is 0 Å². The number of benzene rings is 2. The summed E-state index contributed by atoms with van der Waals surface area (Å²) in [6.45, 7) is 0.954. The monoisotopic (exact) mass is 371 g/mol. The maximum absolute atomic E-state index is 13.0. The lowest BCUT2D eigenvalue weighted by molar-refractivity contribution is -0.384. The van der Waals surface area contributed by atoms with Gasteiger partial charge in [-0.1, -0.05) is 0 Å². The van der Waals surface area contributed by atoms with Crippen LogP contribution in [0.25, 0.3) is 0 Å². The van der Waals surface area contributed by atoms with Crippen molar-refractivity contribution >= 4 is 23.4 Å². The molecule has 0 spiro atoms. The van der Waals surface area contributed by atoms with Gasteiger partial charge in [0.05, 0.1) is 11.5 Å². The number of carbonyl (C=O) groups is 3. The topological polar surface area (TPSA) is 110 Å². The fourth-order valence-electron chi connectivity index (χ4n) is 2.82. The summed E-state index contributed by atoms with van der Waals surface area (Å²) < 4.78 is 13.0. The minimum atomic E-state index is -1.45. The number of nitro benzene ring substituents is 1. The van der Waals surface area contributed by atoms with Crippen LogP contribution in [-0.4, -0.2) is 34.1 Å². The number of imide groups is 1. The second kappa shape index (κ2) is 6.60. The first-order chi connectivity index (χ1) is 12.7. The summed E-state index contributed by atoms with van der Waals surface area (Å²) in [5, 5.41) is 13.3. The molecule has 1 N–H and O–H groups in total. The quantitative estimate of drug-likeness (QED) is 0.376. The van der Waals surface area contributed by atoms with Crippen molar-refractivity contribution in [1.82, 2.24) is 10.2 Å². The molecule has 3 amide bonds. The molecule has 0 bridgehead atoms. The summed E-state index contributed by atoms with van der Waals surface area (Å²) >= 11 is 0. The van der Waals surface area contributed by atoms with Gasteiger partial charge in [-0.15, -0.1) is 0 Å².